The molecule has 1 aromatic rings. The minimum Gasteiger partial charge on any atom is -0.290 e. The van der Waals surface area contributed by atoms with Gasteiger partial charge in [0.05, 0.1) is 11.4 Å². The highest BCUT2D eigenvalue weighted by Crippen LogP contribution is 2.10. The first-order chi connectivity index (χ1) is 6.67. The number of rotatable bonds is 1. The molecule has 1 aliphatic rings. The van der Waals surface area contributed by atoms with Crippen molar-refractivity contribution in [3.8, 4) is 0 Å². The Kier molecular flexibility index (Phi) is 3.72. The number of hydrogen-bond donors (Lipinski definition) is 3. The minimum atomic E-state index is 0.959. The second kappa shape index (κ2) is 4.82. The molecule has 0 bridgehead atoms. The lowest BCUT2D eigenvalue weighted by atomic mass is 10.2. The molecule has 2 rings (SSSR count). The predicted molar refractivity (Wildman–Crippen MR) is 47.8 cm³/mol. The van der Waals surface area contributed by atoms with E-state index in [2.05, 4.69) is 21.3 Å². The maximum Gasteiger partial charge on any atom is 0.0705 e. The van der Waals surface area contributed by atoms with Crippen LogP contribution in [0.3, 0.4) is 0 Å². The van der Waals surface area contributed by atoms with Gasteiger partial charge in [-0.15, -0.1) is 4.99 Å². The van der Waals surface area contributed by atoms with Gasteiger partial charge < -0.3 is 0 Å². The molecule has 0 unspecified atom stereocenters. The number of aryl methyl sites for hydroxylation is 1. The van der Waals surface area contributed by atoms with Gasteiger partial charge in [-0.25, -0.2) is 5.26 Å². The molecule has 0 aliphatic carbocycles. The summed E-state index contributed by atoms with van der Waals surface area (Å²) in [6, 6.07) is 2.07. The Hall–Kier alpha value is -1.28. The molecule has 78 valence electrons. The summed E-state index contributed by atoms with van der Waals surface area (Å²) in [4.78, 5) is 4.56. The van der Waals surface area contributed by atoms with Crippen LogP contribution in [0, 0.1) is 6.92 Å². The molecule has 0 amide bonds. The SMILES string of the molecule is CC1=Nn2nc(C)cc2C1.ONOO. The van der Waals surface area contributed by atoms with E-state index in [1.165, 1.54) is 5.69 Å². The second-order valence-electron chi connectivity index (χ2n) is 2.86. The van der Waals surface area contributed by atoms with Crippen molar-refractivity contribution in [3.05, 3.63) is 17.5 Å². The molecular weight excluding hydrogens is 188 g/mol. The van der Waals surface area contributed by atoms with Crippen molar-refractivity contribution in [2.45, 2.75) is 20.3 Å². The van der Waals surface area contributed by atoms with Gasteiger partial charge in [0, 0.05) is 12.1 Å². The molecule has 0 atom stereocenters. The Morgan fingerprint density at radius 3 is 2.71 bits per heavy atom. The second-order valence-corrected chi connectivity index (χ2v) is 2.86. The molecule has 0 saturated heterocycles. The van der Waals surface area contributed by atoms with Crippen molar-refractivity contribution < 1.29 is 15.5 Å². The Balaban J connectivity index is 0.000000213. The molecule has 0 fully saturated rings. The summed E-state index contributed by atoms with van der Waals surface area (Å²) in [6.45, 7) is 4.00. The van der Waals surface area contributed by atoms with Crippen LogP contribution in [-0.2, 0) is 11.4 Å². The summed E-state index contributed by atoms with van der Waals surface area (Å²) in [5.74, 6) is 0. The zero-order valence-corrected chi connectivity index (χ0v) is 7.93. The Bertz CT molecular complexity index is 332. The smallest absolute Gasteiger partial charge is 0.0705 e. The highest BCUT2D eigenvalue weighted by atomic mass is 17.2. The van der Waals surface area contributed by atoms with Gasteiger partial charge in [-0.05, 0) is 25.6 Å². The fourth-order valence-electron chi connectivity index (χ4n) is 1.21. The van der Waals surface area contributed by atoms with E-state index in [1.807, 2.05) is 13.8 Å². The molecule has 2 heterocycles. The van der Waals surface area contributed by atoms with E-state index < -0.39 is 0 Å². The van der Waals surface area contributed by atoms with E-state index in [0.29, 0.717) is 0 Å². The third-order valence-corrected chi connectivity index (χ3v) is 1.63. The van der Waals surface area contributed by atoms with Crippen molar-refractivity contribution in [1.29, 1.82) is 0 Å². The van der Waals surface area contributed by atoms with Crippen LogP contribution in [-0.4, -0.2) is 26.1 Å². The van der Waals surface area contributed by atoms with Crippen LogP contribution >= 0.6 is 0 Å². The molecule has 0 radical (unpaired) electrons. The first kappa shape index (κ1) is 10.8. The van der Waals surface area contributed by atoms with E-state index in [9.17, 15) is 0 Å². The van der Waals surface area contributed by atoms with Gasteiger partial charge >= 0.3 is 0 Å². The van der Waals surface area contributed by atoms with Crippen LogP contribution in [0.25, 0.3) is 0 Å². The number of fused-ring (bicyclic) bond motifs is 1. The molecule has 1 aromatic heterocycles. The van der Waals surface area contributed by atoms with Crippen LogP contribution in [0.4, 0.5) is 0 Å². The number of nitrogens with zero attached hydrogens (tertiary/aromatic N) is 3. The fraction of sp³-hybridized carbons (Fsp3) is 0.429. The van der Waals surface area contributed by atoms with Crippen LogP contribution in [0.15, 0.2) is 11.2 Å². The van der Waals surface area contributed by atoms with Gasteiger partial charge in [0.1, 0.15) is 0 Å². The summed E-state index contributed by atoms with van der Waals surface area (Å²) in [5.41, 5.74) is 4.38. The van der Waals surface area contributed by atoms with E-state index in [4.69, 9.17) is 10.5 Å². The lowest BCUT2D eigenvalue weighted by molar-refractivity contribution is -0.356. The van der Waals surface area contributed by atoms with Crippen molar-refractivity contribution in [2.75, 3.05) is 0 Å². The van der Waals surface area contributed by atoms with Gasteiger partial charge in [0.15, 0.2) is 0 Å². The van der Waals surface area contributed by atoms with E-state index in [1.54, 1.807) is 4.79 Å². The lowest BCUT2D eigenvalue weighted by Gasteiger charge is -1.84. The van der Waals surface area contributed by atoms with Gasteiger partial charge in [-0.1, -0.05) is 0 Å². The van der Waals surface area contributed by atoms with Crippen molar-refractivity contribution >= 4 is 5.71 Å². The Morgan fingerprint density at radius 1 is 1.57 bits per heavy atom. The molecular formula is C7H12N4O3. The normalized spacial score (nSPS) is 13.0. The molecule has 3 N–H and O–H groups in total. The van der Waals surface area contributed by atoms with Crippen molar-refractivity contribution in [1.82, 2.24) is 15.5 Å². The molecule has 0 aromatic carbocycles. The zero-order valence-electron chi connectivity index (χ0n) is 7.93. The highest BCUT2D eigenvalue weighted by molar-refractivity contribution is 5.85. The monoisotopic (exact) mass is 200 g/mol. The quantitative estimate of drug-likeness (QED) is 0.449. The number of nitrogens with one attached hydrogen (secondary N) is 1. The fourth-order valence-corrected chi connectivity index (χ4v) is 1.21. The average molecular weight is 200 g/mol. The van der Waals surface area contributed by atoms with Crippen LogP contribution in [0.2, 0.25) is 0 Å². The van der Waals surface area contributed by atoms with Gasteiger partial charge in [0.2, 0.25) is 0 Å². The van der Waals surface area contributed by atoms with Crippen LogP contribution in [0.1, 0.15) is 18.3 Å². The summed E-state index contributed by atoms with van der Waals surface area (Å²) >= 11 is 0. The maximum atomic E-state index is 7.15. The predicted octanol–water partition coefficient (Wildman–Crippen LogP) is 0.341. The molecule has 14 heavy (non-hydrogen) atoms. The Morgan fingerprint density at radius 2 is 2.21 bits per heavy atom. The van der Waals surface area contributed by atoms with Crippen LogP contribution in [0.5, 0.6) is 0 Å². The third-order valence-electron chi connectivity index (χ3n) is 1.63. The van der Waals surface area contributed by atoms with Crippen molar-refractivity contribution in [2.24, 2.45) is 5.10 Å². The maximum absolute atomic E-state index is 7.15. The molecule has 1 aliphatic heterocycles. The van der Waals surface area contributed by atoms with Gasteiger partial charge in [-0.2, -0.15) is 15.0 Å². The third kappa shape index (κ3) is 2.60. The molecule has 7 nitrogen and oxygen atoms in total. The average Bonchev–Trinajstić information content (AvgIpc) is 2.60. The first-order valence-corrected chi connectivity index (χ1v) is 3.97. The zero-order chi connectivity index (χ0) is 10.6. The molecule has 7 heteroatoms. The lowest BCUT2D eigenvalue weighted by Crippen LogP contribution is -2.02. The van der Waals surface area contributed by atoms with Crippen molar-refractivity contribution in [3.63, 3.8) is 0 Å². The Labute approximate surface area is 80.5 Å². The standard InChI is InChI=1S/C7H9N3.H3NO3/c1-5-3-7-4-6(2)9-10(7)8-5;2-1-4-3/h3H,4H2,1-2H3;1-3H. The van der Waals surface area contributed by atoms with Gasteiger partial charge in [0.25, 0.3) is 0 Å². The highest BCUT2D eigenvalue weighted by Gasteiger charge is 2.11. The minimum absolute atomic E-state index is 0.959. The summed E-state index contributed by atoms with van der Waals surface area (Å²) in [6.07, 6.45) is 0.959. The van der Waals surface area contributed by atoms with E-state index in [-0.39, 0.29) is 0 Å². The number of hydrogen-bond acceptors (Lipinski definition) is 6. The summed E-state index contributed by atoms with van der Waals surface area (Å²) in [7, 11) is 0. The number of aromatic nitrogens is 2. The first-order valence-electron chi connectivity index (χ1n) is 3.97. The molecule has 0 saturated carbocycles. The topological polar surface area (TPSA) is 91.9 Å². The summed E-state index contributed by atoms with van der Waals surface area (Å²) < 4.78 is 0. The van der Waals surface area contributed by atoms with Crippen LogP contribution < -0.4 is 5.64 Å². The van der Waals surface area contributed by atoms with E-state index in [0.717, 1.165) is 23.5 Å². The largest absolute Gasteiger partial charge is 0.290 e. The summed E-state index contributed by atoms with van der Waals surface area (Å²) in [5, 5.41) is 22.5. The van der Waals surface area contributed by atoms with E-state index >= 15 is 0 Å². The van der Waals surface area contributed by atoms with Gasteiger partial charge in [-0.3, -0.25) is 5.21 Å². The molecule has 0 spiro atoms.